The lowest BCUT2D eigenvalue weighted by molar-refractivity contribution is 0.0152. The number of aromatic carboxylic acids is 1. The molecule has 1 aromatic carbocycles. The van der Waals surface area contributed by atoms with Crippen LogP contribution in [0.15, 0.2) is 12.1 Å². The molecule has 0 bridgehead atoms. The predicted octanol–water partition coefficient (Wildman–Crippen LogP) is 3.55. The number of carbonyl (C=O) groups excluding carboxylic acids is 1. The molecule has 178 valence electrons. The van der Waals surface area contributed by atoms with Crippen LogP contribution in [0.2, 0.25) is 0 Å². The molecule has 1 fully saturated rings. The van der Waals surface area contributed by atoms with E-state index in [9.17, 15) is 19.1 Å². The number of ether oxygens (including phenoxy) is 1. The lowest BCUT2D eigenvalue weighted by Gasteiger charge is -2.36. The Labute approximate surface area is 193 Å². The number of amides is 1. The molecule has 0 radical (unpaired) electrons. The van der Waals surface area contributed by atoms with Crippen molar-refractivity contribution in [2.45, 2.75) is 59.4 Å². The first-order valence-electron chi connectivity index (χ1n) is 11.7. The molecule has 2 aliphatic heterocycles. The fourth-order valence-electron chi connectivity index (χ4n) is 5.23. The van der Waals surface area contributed by atoms with Crippen LogP contribution in [0.1, 0.15) is 69.9 Å². The van der Waals surface area contributed by atoms with E-state index in [4.69, 9.17) is 9.84 Å². The second kappa shape index (κ2) is 9.25. The summed E-state index contributed by atoms with van der Waals surface area (Å²) in [7, 11) is 0. The van der Waals surface area contributed by atoms with E-state index >= 15 is 0 Å². The Balaban J connectivity index is 1.63. The van der Waals surface area contributed by atoms with Crippen LogP contribution in [0.3, 0.4) is 0 Å². The summed E-state index contributed by atoms with van der Waals surface area (Å²) in [4.78, 5) is 24.5. The van der Waals surface area contributed by atoms with Crippen LogP contribution in [0.4, 0.5) is 4.39 Å². The quantitative estimate of drug-likeness (QED) is 0.692. The van der Waals surface area contributed by atoms with E-state index in [2.05, 4.69) is 5.32 Å². The molecule has 1 atom stereocenters. The van der Waals surface area contributed by atoms with Crippen molar-refractivity contribution < 1.29 is 23.8 Å². The highest BCUT2D eigenvalue weighted by molar-refractivity contribution is 5.97. The Morgan fingerprint density at radius 1 is 1.36 bits per heavy atom. The topological polar surface area (TPSA) is 93.5 Å². The number of carbonyl (C=O) groups is 2. The minimum atomic E-state index is -1.13. The summed E-state index contributed by atoms with van der Waals surface area (Å²) < 4.78 is 21.6. The number of aromatic nitrogens is 2. The van der Waals surface area contributed by atoms with Crippen molar-refractivity contribution >= 4 is 11.9 Å². The van der Waals surface area contributed by atoms with E-state index in [-0.39, 0.29) is 22.8 Å². The number of aryl methyl sites for hydroxylation is 1. The van der Waals surface area contributed by atoms with Crippen molar-refractivity contribution in [3.8, 4) is 0 Å². The van der Waals surface area contributed by atoms with Gasteiger partial charge in [-0.05, 0) is 73.6 Å². The molecule has 8 heteroatoms. The van der Waals surface area contributed by atoms with Crippen LogP contribution in [-0.4, -0.2) is 46.5 Å². The van der Waals surface area contributed by atoms with Gasteiger partial charge in [0.05, 0.1) is 22.5 Å². The van der Waals surface area contributed by atoms with Gasteiger partial charge in [0, 0.05) is 26.3 Å². The molecule has 2 aromatic rings. The zero-order valence-corrected chi connectivity index (χ0v) is 19.5. The second-order valence-electron chi connectivity index (χ2n) is 9.63. The molecule has 4 rings (SSSR count). The zero-order chi connectivity index (χ0) is 23.8. The minimum Gasteiger partial charge on any atom is -0.478 e. The molecule has 2 aliphatic rings. The van der Waals surface area contributed by atoms with E-state index < -0.39 is 11.8 Å². The van der Waals surface area contributed by atoms with Crippen molar-refractivity contribution in [1.82, 2.24) is 15.1 Å². The minimum absolute atomic E-state index is 0.00319. The summed E-state index contributed by atoms with van der Waals surface area (Å²) in [6, 6.07) is 2.49. The van der Waals surface area contributed by atoms with E-state index in [1.165, 1.54) is 6.07 Å². The number of fused-ring (bicyclic) bond motifs is 1. The summed E-state index contributed by atoms with van der Waals surface area (Å²) in [5.74, 6) is -1.66. The average Bonchev–Trinajstić information content (AvgIpc) is 3.04. The van der Waals surface area contributed by atoms with E-state index in [1.807, 2.05) is 18.5 Å². The fraction of sp³-hybridized carbons (Fsp3) is 0.560. The molecule has 1 saturated heterocycles. The first-order valence-corrected chi connectivity index (χ1v) is 11.7. The van der Waals surface area contributed by atoms with Crippen molar-refractivity contribution in [1.29, 1.82) is 0 Å². The Morgan fingerprint density at radius 3 is 2.76 bits per heavy atom. The van der Waals surface area contributed by atoms with Gasteiger partial charge in [-0.15, -0.1) is 0 Å². The molecule has 7 nitrogen and oxygen atoms in total. The number of rotatable bonds is 6. The lowest BCUT2D eigenvalue weighted by atomic mass is 9.76. The first-order chi connectivity index (χ1) is 15.7. The van der Waals surface area contributed by atoms with Crippen LogP contribution >= 0.6 is 0 Å². The van der Waals surface area contributed by atoms with Crippen LogP contribution in [0.5, 0.6) is 0 Å². The molecule has 2 N–H and O–H groups in total. The van der Waals surface area contributed by atoms with Gasteiger partial charge in [0.1, 0.15) is 5.82 Å². The first kappa shape index (κ1) is 23.4. The SMILES string of the molecule is CCc1nn(C[C@H](C)Cc2cc(F)cc(C(=O)O)c2C)c2c1C(=O)NCC1(CCOCC1)C2. The Kier molecular flexibility index (Phi) is 6.56. The summed E-state index contributed by atoms with van der Waals surface area (Å²) in [6.07, 6.45) is 3.75. The maximum Gasteiger partial charge on any atom is 0.336 e. The molecule has 1 amide bonds. The lowest BCUT2D eigenvalue weighted by Crippen LogP contribution is -2.40. The predicted molar refractivity (Wildman–Crippen MR) is 121 cm³/mol. The van der Waals surface area contributed by atoms with E-state index in [1.54, 1.807) is 6.92 Å². The number of benzene rings is 1. The summed E-state index contributed by atoms with van der Waals surface area (Å²) in [5, 5.41) is 17.3. The van der Waals surface area contributed by atoms with Gasteiger partial charge in [0.25, 0.3) is 5.91 Å². The highest BCUT2D eigenvalue weighted by atomic mass is 19.1. The van der Waals surface area contributed by atoms with Crippen LogP contribution < -0.4 is 5.32 Å². The Hall–Kier alpha value is -2.74. The van der Waals surface area contributed by atoms with Gasteiger partial charge in [-0.3, -0.25) is 9.48 Å². The molecule has 3 heterocycles. The Bertz CT molecular complexity index is 1070. The zero-order valence-electron chi connectivity index (χ0n) is 19.5. The molecular formula is C25H32FN3O4. The van der Waals surface area contributed by atoms with E-state index in [0.717, 1.165) is 36.7 Å². The monoisotopic (exact) mass is 457 g/mol. The maximum absolute atomic E-state index is 14.1. The van der Waals surface area contributed by atoms with Crippen molar-refractivity contribution in [2.75, 3.05) is 19.8 Å². The fourth-order valence-corrected chi connectivity index (χ4v) is 5.23. The van der Waals surface area contributed by atoms with E-state index in [0.29, 0.717) is 55.8 Å². The van der Waals surface area contributed by atoms with Gasteiger partial charge in [0.15, 0.2) is 0 Å². The third-order valence-electron chi connectivity index (χ3n) is 7.18. The normalized spacial score (nSPS) is 18.5. The molecule has 0 unspecified atom stereocenters. The largest absolute Gasteiger partial charge is 0.478 e. The standard InChI is InChI=1S/C25H32FN3O4/c1-4-20-22-21(12-25(14-27-23(22)30)5-7-33-8-6-25)29(28-20)13-15(2)9-17-10-18(26)11-19(16(17)3)24(31)32/h10-11,15H,4-9,12-14H2,1-3H3,(H,27,30)(H,31,32)/t15-/m1/s1. The molecule has 33 heavy (non-hydrogen) atoms. The average molecular weight is 458 g/mol. The van der Waals surface area contributed by atoms with Gasteiger partial charge < -0.3 is 15.2 Å². The van der Waals surface area contributed by atoms with Gasteiger partial charge in [-0.2, -0.15) is 5.10 Å². The summed E-state index contributed by atoms with van der Waals surface area (Å²) in [5.41, 5.74) is 3.71. The summed E-state index contributed by atoms with van der Waals surface area (Å²) in [6.45, 7) is 8.37. The van der Waals surface area contributed by atoms with Crippen molar-refractivity contribution in [3.05, 3.63) is 51.6 Å². The summed E-state index contributed by atoms with van der Waals surface area (Å²) >= 11 is 0. The molecular weight excluding hydrogens is 425 g/mol. The van der Waals surface area contributed by atoms with Crippen molar-refractivity contribution in [2.24, 2.45) is 11.3 Å². The number of hydrogen-bond acceptors (Lipinski definition) is 4. The molecule has 0 saturated carbocycles. The van der Waals surface area contributed by atoms with Crippen LogP contribution in [0.25, 0.3) is 0 Å². The van der Waals surface area contributed by atoms with Gasteiger partial charge in [-0.1, -0.05) is 13.8 Å². The maximum atomic E-state index is 14.1. The number of carboxylic acids is 1. The van der Waals surface area contributed by atoms with Gasteiger partial charge in [0.2, 0.25) is 0 Å². The number of nitrogens with one attached hydrogen (secondary N) is 1. The second-order valence-corrected chi connectivity index (χ2v) is 9.63. The third kappa shape index (κ3) is 4.67. The number of carboxylic acid groups (broad SMARTS) is 1. The number of hydrogen-bond donors (Lipinski definition) is 2. The third-order valence-corrected chi connectivity index (χ3v) is 7.18. The van der Waals surface area contributed by atoms with Gasteiger partial charge >= 0.3 is 5.97 Å². The smallest absolute Gasteiger partial charge is 0.336 e. The van der Waals surface area contributed by atoms with Crippen LogP contribution in [0, 0.1) is 24.1 Å². The number of nitrogens with zero attached hydrogens (tertiary/aromatic N) is 2. The molecule has 0 aliphatic carbocycles. The highest BCUT2D eigenvalue weighted by Gasteiger charge is 2.39. The molecule has 1 aromatic heterocycles. The highest BCUT2D eigenvalue weighted by Crippen LogP contribution is 2.37. The van der Waals surface area contributed by atoms with Crippen molar-refractivity contribution in [3.63, 3.8) is 0 Å². The molecule has 1 spiro atoms. The van der Waals surface area contributed by atoms with Crippen LogP contribution in [-0.2, 0) is 30.5 Å². The number of halogens is 1. The van der Waals surface area contributed by atoms with Gasteiger partial charge in [-0.25, -0.2) is 9.18 Å². The Morgan fingerprint density at radius 2 is 2.09 bits per heavy atom.